The van der Waals surface area contributed by atoms with Crippen LogP contribution < -0.4 is 10.4 Å². The van der Waals surface area contributed by atoms with Gasteiger partial charge in [-0.25, -0.2) is 0 Å². The molecule has 1 aromatic carbocycles. The average molecular weight is 170 g/mol. The molecule has 0 spiro atoms. The zero-order valence-corrected chi connectivity index (χ0v) is 7.96. The maximum absolute atomic E-state index is 3.93. The first-order valence-corrected chi connectivity index (χ1v) is 4.28. The summed E-state index contributed by atoms with van der Waals surface area (Å²) in [5, 5.41) is 2.20. The summed E-state index contributed by atoms with van der Waals surface area (Å²) in [4.78, 5) is 0. The quantitative estimate of drug-likeness (QED) is 0.596. The smallest absolute Gasteiger partial charge is 0.0190 e. The SMILES string of the molecule is C=C(C)/C=C\C=c1\ccccc1=C. The number of benzene rings is 1. The molecule has 0 aromatic heterocycles. The highest BCUT2D eigenvalue weighted by Gasteiger charge is 1.77. The van der Waals surface area contributed by atoms with Crippen molar-refractivity contribution in [3.8, 4) is 0 Å². The molecule has 0 saturated carbocycles. The van der Waals surface area contributed by atoms with Crippen LogP contribution in [0.15, 0.2) is 48.6 Å². The van der Waals surface area contributed by atoms with Crippen LogP contribution >= 0.6 is 0 Å². The molecule has 13 heavy (non-hydrogen) atoms. The van der Waals surface area contributed by atoms with Gasteiger partial charge in [0.25, 0.3) is 0 Å². The Morgan fingerprint density at radius 2 is 2.00 bits per heavy atom. The maximum atomic E-state index is 3.93. The fourth-order valence-corrected chi connectivity index (χ4v) is 1.01. The number of allylic oxidation sites excluding steroid dienone is 3. The summed E-state index contributed by atoms with van der Waals surface area (Å²) < 4.78 is 0. The van der Waals surface area contributed by atoms with Crippen molar-refractivity contribution >= 4 is 12.7 Å². The highest BCUT2D eigenvalue weighted by Crippen LogP contribution is 1.87. The van der Waals surface area contributed by atoms with Crippen LogP contribution in [0, 0.1) is 0 Å². The van der Waals surface area contributed by atoms with Crippen LogP contribution in [0.25, 0.3) is 12.7 Å². The van der Waals surface area contributed by atoms with Gasteiger partial charge in [0.15, 0.2) is 0 Å². The van der Waals surface area contributed by atoms with Gasteiger partial charge in [0, 0.05) is 0 Å². The second kappa shape index (κ2) is 4.46. The third-order valence-corrected chi connectivity index (χ3v) is 1.71. The van der Waals surface area contributed by atoms with Gasteiger partial charge in [-0.05, 0) is 17.4 Å². The summed E-state index contributed by atoms with van der Waals surface area (Å²) in [7, 11) is 0. The Labute approximate surface area is 79.2 Å². The highest BCUT2D eigenvalue weighted by molar-refractivity contribution is 5.40. The molecule has 0 nitrogen and oxygen atoms in total. The highest BCUT2D eigenvalue weighted by atomic mass is 13.8. The Balaban J connectivity index is 3.02. The normalized spacial score (nSPS) is 12.2. The van der Waals surface area contributed by atoms with Crippen molar-refractivity contribution in [3.63, 3.8) is 0 Å². The molecule has 0 bridgehead atoms. The molecule has 0 aliphatic carbocycles. The molecule has 0 saturated heterocycles. The number of rotatable bonds is 2. The molecule has 1 aromatic rings. The second-order valence-electron chi connectivity index (χ2n) is 3.07. The Kier molecular flexibility index (Phi) is 3.27. The van der Waals surface area contributed by atoms with Crippen LogP contribution in [0.4, 0.5) is 0 Å². The summed E-state index contributed by atoms with van der Waals surface area (Å²) in [5.41, 5.74) is 1.05. The van der Waals surface area contributed by atoms with Gasteiger partial charge >= 0.3 is 0 Å². The first-order valence-electron chi connectivity index (χ1n) is 4.28. The van der Waals surface area contributed by atoms with Crippen LogP contribution in [-0.2, 0) is 0 Å². The Morgan fingerprint density at radius 3 is 2.62 bits per heavy atom. The summed E-state index contributed by atoms with van der Waals surface area (Å²) in [6.45, 7) is 9.69. The second-order valence-corrected chi connectivity index (χ2v) is 3.07. The minimum atomic E-state index is 1.05. The molecule has 1 rings (SSSR count). The maximum Gasteiger partial charge on any atom is -0.0190 e. The van der Waals surface area contributed by atoms with E-state index < -0.39 is 0 Å². The number of hydrogen-bond donors (Lipinski definition) is 0. The topological polar surface area (TPSA) is 0 Å². The lowest BCUT2D eigenvalue weighted by atomic mass is 10.2. The van der Waals surface area contributed by atoms with Gasteiger partial charge < -0.3 is 0 Å². The van der Waals surface area contributed by atoms with Crippen LogP contribution in [0.2, 0.25) is 0 Å². The van der Waals surface area contributed by atoms with Crippen molar-refractivity contribution in [3.05, 3.63) is 59.0 Å². The largest absolute Gasteiger partial charge is 0.0961 e. The number of hydrogen-bond acceptors (Lipinski definition) is 0. The molecule has 0 N–H and O–H groups in total. The van der Waals surface area contributed by atoms with Gasteiger partial charge in [0.05, 0.1) is 0 Å². The van der Waals surface area contributed by atoms with Gasteiger partial charge in [-0.1, -0.05) is 61.2 Å². The predicted molar refractivity (Wildman–Crippen MR) is 59.6 cm³/mol. The van der Waals surface area contributed by atoms with Gasteiger partial charge in [0.1, 0.15) is 0 Å². The van der Waals surface area contributed by atoms with Gasteiger partial charge in [0.2, 0.25) is 0 Å². The Morgan fingerprint density at radius 1 is 1.31 bits per heavy atom. The molecule has 0 aliphatic rings. The summed E-state index contributed by atoms with van der Waals surface area (Å²) in [6.07, 6.45) is 6.01. The van der Waals surface area contributed by atoms with Crippen molar-refractivity contribution < 1.29 is 0 Å². The Hall–Kier alpha value is -1.56. The Bertz CT molecular complexity index is 422. The molecule has 0 aliphatic heterocycles. The van der Waals surface area contributed by atoms with Crippen molar-refractivity contribution in [1.82, 2.24) is 0 Å². The van der Waals surface area contributed by atoms with Gasteiger partial charge in [-0.2, -0.15) is 0 Å². The molecular formula is C13H14. The van der Waals surface area contributed by atoms with Gasteiger partial charge in [-0.3, -0.25) is 0 Å². The van der Waals surface area contributed by atoms with E-state index in [2.05, 4.69) is 13.2 Å². The summed E-state index contributed by atoms with van der Waals surface area (Å²) in [6, 6.07) is 8.04. The first kappa shape index (κ1) is 9.53. The lowest BCUT2D eigenvalue weighted by Gasteiger charge is -1.85. The fourth-order valence-electron chi connectivity index (χ4n) is 1.01. The van der Waals surface area contributed by atoms with Crippen molar-refractivity contribution in [2.24, 2.45) is 0 Å². The van der Waals surface area contributed by atoms with E-state index in [1.165, 1.54) is 0 Å². The molecular weight excluding hydrogens is 156 g/mol. The van der Waals surface area contributed by atoms with E-state index in [9.17, 15) is 0 Å². The third kappa shape index (κ3) is 3.12. The molecule has 0 unspecified atom stereocenters. The minimum absolute atomic E-state index is 1.05. The molecule has 0 atom stereocenters. The van der Waals surface area contributed by atoms with Crippen molar-refractivity contribution in [1.29, 1.82) is 0 Å². The first-order chi connectivity index (χ1) is 6.20. The van der Waals surface area contributed by atoms with E-state index in [0.29, 0.717) is 0 Å². The van der Waals surface area contributed by atoms with Crippen LogP contribution in [0.3, 0.4) is 0 Å². The minimum Gasteiger partial charge on any atom is -0.0961 e. The molecule has 66 valence electrons. The summed E-state index contributed by atoms with van der Waals surface area (Å²) >= 11 is 0. The molecule has 0 heteroatoms. The predicted octanol–water partition coefficient (Wildman–Crippen LogP) is 2.01. The van der Waals surface area contributed by atoms with Gasteiger partial charge in [-0.15, -0.1) is 0 Å². The molecule has 0 radical (unpaired) electrons. The fraction of sp³-hybridized carbons (Fsp3) is 0.0769. The average Bonchev–Trinajstić information content (AvgIpc) is 2.08. The molecule has 0 heterocycles. The van der Waals surface area contributed by atoms with Crippen molar-refractivity contribution in [2.75, 3.05) is 0 Å². The van der Waals surface area contributed by atoms with E-state index in [4.69, 9.17) is 0 Å². The third-order valence-electron chi connectivity index (χ3n) is 1.71. The van der Waals surface area contributed by atoms with Crippen LogP contribution in [-0.4, -0.2) is 0 Å². The van der Waals surface area contributed by atoms with E-state index >= 15 is 0 Å². The molecule has 0 amide bonds. The molecule has 0 fully saturated rings. The van der Waals surface area contributed by atoms with Crippen LogP contribution in [0.1, 0.15) is 6.92 Å². The van der Waals surface area contributed by atoms with E-state index in [0.717, 1.165) is 16.0 Å². The standard InChI is InChI=1S/C13H14/c1-11(2)7-6-10-13-9-5-4-8-12(13)3/h4-10H,1,3H2,2H3/b7-6-,13-10-. The van der Waals surface area contributed by atoms with E-state index in [1.54, 1.807) is 0 Å². The van der Waals surface area contributed by atoms with Crippen molar-refractivity contribution in [2.45, 2.75) is 6.92 Å². The zero-order valence-electron chi connectivity index (χ0n) is 7.96. The zero-order chi connectivity index (χ0) is 9.68. The van der Waals surface area contributed by atoms with Crippen LogP contribution in [0.5, 0.6) is 0 Å². The summed E-state index contributed by atoms with van der Waals surface area (Å²) in [5.74, 6) is 0. The monoisotopic (exact) mass is 170 g/mol. The van der Waals surface area contributed by atoms with E-state index in [1.807, 2.05) is 49.4 Å². The lowest BCUT2D eigenvalue weighted by molar-refractivity contribution is 1.53. The lowest BCUT2D eigenvalue weighted by Crippen LogP contribution is -2.21. The van der Waals surface area contributed by atoms with E-state index in [-0.39, 0.29) is 0 Å².